The Morgan fingerprint density at radius 1 is 1.32 bits per heavy atom. The topological polar surface area (TPSA) is 37.6 Å². The van der Waals surface area contributed by atoms with Gasteiger partial charge in [-0.05, 0) is 39.8 Å². The van der Waals surface area contributed by atoms with E-state index in [-0.39, 0.29) is 5.54 Å². The summed E-state index contributed by atoms with van der Waals surface area (Å²) in [5.41, 5.74) is 0.124. The minimum absolute atomic E-state index is 0.124. The average Bonchev–Trinajstić information content (AvgIpc) is 2.80. The van der Waals surface area contributed by atoms with Crippen LogP contribution in [0.3, 0.4) is 0 Å². The molecule has 1 aromatic heterocycles. The molecule has 108 valence electrons. The third-order valence-corrected chi connectivity index (χ3v) is 3.71. The van der Waals surface area contributed by atoms with Gasteiger partial charge in [0.1, 0.15) is 5.76 Å². The van der Waals surface area contributed by atoms with Crippen molar-refractivity contribution in [2.75, 3.05) is 19.6 Å². The molecule has 0 bridgehead atoms. The van der Waals surface area contributed by atoms with Crippen LogP contribution < -0.4 is 5.32 Å². The normalized spacial score (nSPS) is 25.7. The molecule has 2 atom stereocenters. The van der Waals surface area contributed by atoms with Gasteiger partial charge in [0.05, 0.1) is 25.0 Å². The van der Waals surface area contributed by atoms with Crippen molar-refractivity contribution in [1.29, 1.82) is 0 Å². The van der Waals surface area contributed by atoms with Crippen molar-refractivity contribution in [3.8, 4) is 0 Å². The highest BCUT2D eigenvalue weighted by atomic mass is 16.5. The molecule has 2 rings (SSSR count). The maximum absolute atomic E-state index is 5.80. The van der Waals surface area contributed by atoms with Gasteiger partial charge in [0.15, 0.2) is 0 Å². The van der Waals surface area contributed by atoms with Crippen LogP contribution in [-0.4, -0.2) is 42.3 Å². The highest BCUT2D eigenvalue weighted by Gasteiger charge is 2.32. The highest BCUT2D eigenvalue weighted by molar-refractivity contribution is 4.98. The molecule has 0 aliphatic carbocycles. The fraction of sp³-hybridized carbons (Fsp3) is 0.733. The molecular formula is C15H26N2O2. The summed E-state index contributed by atoms with van der Waals surface area (Å²) in [5.74, 6) is 0.986. The second-order valence-corrected chi connectivity index (χ2v) is 6.16. The average molecular weight is 266 g/mol. The fourth-order valence-electron chi connectivity index (χ4n) is 2.69. The number of hydrogen-bond donors (Lipinski definition) is 1. The summed E-state index contributed by atoms with van der Waals surface area (Å²) in [6.07, 6.45) is 2.34. The number of nitrogens with one attached hydrogen (secondary N) is 1. The van der Waals surface area contributed by atoms with Crippen LogP contribution in [0.1, 0.15) is 33.5 Å². The molecule has 1 aliphatic rings. The van der Waals surface area contributed by atoms with E-state index >= 15 is 0 Å². The molecule has 2 unspecified atom stereocenters. The number of nitrogens with zero attached hydrogens (tertiary/aromatic N) is 1. The summed E-state index contributed by atoms with van der Waals surface area (Å²) < 4.78 is 11.1. The zero-order valence-corrected chi connectivity index (χ0v) is 12.5. The van der Waals surface area contributed by atoms with Crippen molar-refractivity contribution in [3.63, 3.8) is 0 Å². The van der Waals surface area contributed by atoms with Crippen LogP contribution in [0.5, 0.6) is 0 Å². The summed E-state index contributed by atoms with van der Waals surface area (Å²) in [6, 6.07) is 3.92. The number of morpholine rings is 1. The lowest BCUT2D eigenvalue weighted by Crippen LogP contribution is -2.58. The molecule has 1 N–H and O–H groups in total. The van der Waals surface area contributed by atoms with Crippen LogP contribution in [-0.2, 0) is 11.3 Å². The number of furan rings is 1. The zero-order chi connectivity index (χ0) is 13.9. The zero-order valence-electron chi connectivity index (χ0n) is 12.5. The van der Waals surface area contributed by atoms with Crippen LogP contribution in [0.4, 0.5) is 0 Å². The molecular weight excluding hydrogens is 240 g/mol. The molecule has 4 heteroatoms. The Labute approximate surface area is 116 Å². The van der Waals surface area contributed by atoms with Gasteiger partial charge in [-0.25, -0.2) is 0 Å². The van der Waals surface area contributed by atoms with Gasteiger partial charge in [0.2, 0.25) is 0 Å². The Morgan fingerprint density at radius 2 is 2.00 bits per heavy atom. The molecule has 0 saturated carbocycles. The molecule has 4 nitrogen and oxygen atoms in total. The highest BCUT2D eigenvalue weighted by Crippen LogP contribution is 2.20. The predicted octanol–water partition coefficient (Wildman–Crippen LogP) is 2.26. The van der Waals surface area contributed by atoms with E-state index in [2.05, 4.69) is 37.9 Å². The lowest BCUT2D eigenvalue weighted by Gasteiger charge is -2.45. The predicted molar refractivity (Wildman–Crippen MR) is 76.1 cm³/mol. The van der Waals surface area contributed by atoms with E-state index < -0.39 is 0 Å². The van der Waals surface area contributed by atoms with Gasteiger partial charge in [0, 0.05) is 25.2 Å². The largest absolute Gasteiger partial charge is 0.468 e. The first-order valence-corrected chi connectivity index (χ1v) is 7.11. The van der Waals surface area contributed by atoms with Crippen LogP contribution in [0, 0.1) is 0 Å². The molecule has 19 heavy (non-hydrogen) atoms. The van der Waals surface area contributed by atoms with E-state index in [4.69, 9.17) is 9.15 Å². The number of ether oxygens (including phenoxy) is 1. The lowest BCUT2D eigenvalue weighted by molar-refractivity contribution is -0.0953. The summed E-state index contributed by atoms with van der Waals surface area (Å²) in [6.45, 7) is 12.6. The lowest BCUT2D eigenvalue weighted by atomic mass is 10.00. The van der Waals surface area contributed by atoms with Crippen molar-refractivity contribution < 1.29 is 9.15 Å². The maximum Gasteiger partial charge on any atom is 0.117 e. The molecule has 1 fully saturated rings. The van der Waals surface area contributed by atoms with Crippen LogP contribution in [0.2, 0.25) is 0 Å². The van der Waals surface area contributed by atoms with Crippen molar-refractivity contribution in [3.05, 3.63) is 24.2 Å². The molecule has 0 amide bonds. The Hall–Kier alpha value is -0.840. The summed E-state index contributed by atoms with van der Waals surface area (Å²) in [7, 11) is 0. The van der Waals surface area contributed by atoms with E-state index in [0.717, 1.165) is 31.9 Å². The van der Waals surface area contributed by atoms with Gasteiger partial charge in [-0.3, -0.25) is 4.90 Å². The van der Waals surface area contributed by atoms with Crippen molar-refractivity contribution >= 4 is 0 Å². The van der Waals surface area contributed by atoms with E-state index in [1.165, 1.54) is 0 Å². The Morgan fingerprint density at radius 3 is 2.58 bits per heavy atom. The first-order chi connectivity index (χ1) is 8.97. The Balaban J connectivity index is 1.83. The van der Waals surface area contributed by atoms with E-state index in [9.17, 15) is 0 Å². The molecule has 0 radical (unpaired) electrons. The van der Waals surface area contributed by atoms with Crippen molar-refractivity contribution in [2.45, 2.75) is 52.0 Å². The monoisotopic (exact) mass is 266 g/mol. The fourth-order valence-corrected chi connectivity index (χ4v) is 2.69. The van der Waals surface area contributed by atoms with Crippen molar-refractivity contribution in [1.82, 2.24) is 10.2 Å². The van der Waals surface area contributed by atoms with Crippen molar-refractivity contribution in [2.24, 2.45) is 0 Å². The smallest absolute Gasteiger partial charge is 0.117 e. The summed E-state index contributed by atoms with van der Waals surface area (Å²) in [4.78, 5) is 2.51. The first kappa shape index (κ1) is 14.6. The minimum Gasteiger partial charge on any atom is -0.468 e. The third-order valence-electron chi connectivity index (χ3n) is 3.71. The van der Waals surface area contributed by atoms with E-state index in [1.807, 2.05) is 12.1 Å². The molecule has 1 saturated heterocycles. The summed E-state index contributed by atoms with van der Waals surface area (Å²) in [5, 5.41) is 3.48. The standard InChI is InChI=1S/C15H26N2O2/c1-12-9-17(10-13(2)19-12)15(3,4)11-16-8-14-6-5-7-18-14/h5-7,12-13,16H,8-11H2,1-4H3. The number of hydrogen-bond acceptors (Lipinski definition) is 4. The van der Waals surface area contributed by atoms with Gasteiger partial charge in [0.25, 0.3) is 0 Å². The first-order valence-electron chi connectivity index (χ1n) is 7.11. The van der Waals surface area contributed by atoms with Gasteiger partial charge in [-0.15, -0.1) is 0 Å². The Bertz CT molecular complexity index is 366. The van der Waals surface area contributed by atoms with Crippen LogP contribution >= 0.6 is 0 Å². The molecule has 1 aliphatic heterocycles. The second kappa shape index (κ2) is 6.07. The summed E-state index contributed by atoms with van der Waals surface area (Å²) >= 11 is 0. The molecule has 0 spiro atoms. The van der Waals surface area contributed by atoms with Crippen LogP contribution in [0.15, 0.2) is 22.8 Å². The molecule has 2 heterocycles. The molecule has 0 aromatic carbocycles. The van der Waals surface area contributed by atoms with Crippen LogP contribution in [0.25, 0.3) is 0 Å². The van der Waals surface area contributed by atoms with E-state index in [1.54, 1.807) is 6.26 Å². The maximum atomic E-state index is 5.80. The third kappa shape index (κ3) is 4.06. The Kier molecular flexibility index (Phi) is 4.66. The van der Waals surface area contributed by atoms with E-state index in [0.29, 0.717) is 12.2 Å². The van der Waals surface area contributed by atoms with Gasteiger partial charge in [-0.1, -0.05) is 0 Å². The minimum atomic E-state index is 0.124. The quantitative estimate of drug-likeness (QED) is 0.887. The SMILES string of the molecule is CC1CN(C(C)(C)CNCc2ccco2)CC(C)O1. The molecule has 1 aromatic rings. The second-order valence-electron chi connectivity index (χ2n) is 6.16. The van der Waals surface area contributed by atoms with Gasteiger partial charge >= 0.3 is 0 Å². The number of rotatable bonds is 5. The van der Waals surface area contributed by atoms with Gasteiger partial charge in [-0.2, -0.15) is 0 Å². The van der Waals surface area contributed by atoms with Gasteiger partial charge < -0.3 is 14.5 Å².